The number of fused-ring (bicyclic) bond motifs is 1. The third kappa shape index (κ3) is 3.99. The summed E-state index contributed by atoms with van der Waals surface area (Å²) in [5.74, 6) is -1.02. The summed E-state index contributed by atoms with van der Waals surface area (Å²) in [5.41, 5.74) is 1.69. The Morgan fingerprint density at radius 1 is 1.11 bits per heavy atom. The molecule has 0 spiro atoms. The van der Waals surface area contributed by atoms with E-state index in [0.29, 0.717) is 15.6 Å². The number of hydrogen-bond donors (Lipinski definition) is 2. The van der Waals surface area contributed by atoms with Gasteiger partial charge in [0.1, 0.15) is 5.00 Å². The number of aryl methyl sites for hydroxylation is 1. The fraction of sp³-hybridized carbons (Fsp3) is 0.222. The molecule has 0 atom stereocenters. The summed E-state index contributed by atoms with van der Waals surface area (Å²) < 4.78 is 5.65. The van der Waals surface area contributed by atoms with Crippen molar-refractivity contribution >= 4 is 55.8 Å². The summed E-state index contributed by atoms with van der Waals surface area (Å²) in [7, 11) is 0. The van der Waals surface area contributed by atoms with Gasteiger partial charge in [-0.1, -0.05) is 12.1 Å². The van der Waals surface area contributed by atoms with Crippen LogP contribution in [0, 0.1) is 13.8 Å². The van der Waals surface area contributed by atoms with E-state index in [-0.39, 0.29) is 12.2 Å². The lowest BCUT2D eigenvalue weighted by molar-refractivity contribution is 0.0925. The molecule has 3 amide bonds. The molecule has 2 heterocycles. The van der Waals surface area contributed by atoms with Gasteiger partial charge in [-0.2, -0.15) is 0 Å². The molecule has 0 aliphatic heterocycles. The lowest BCUT2D eigenvalue weighted by Gasteiger charge is -2.07. The zero-order valence-electron chi connectivity index (χ0n) is 14.9. The van der Waals surface area contributed by atoms with Crippen LogP contribution in [0.3, 0.4) is 0 Å². The number of anilines is 1. The highest BCUT2D eigenvalue weighted by Gasteiger charge is 2.24. The molecule has 0 saturated heterocycles. The van der Waals surface area contributed by atoms with Crippen LogP contribution in [-0.2, 0) is 4.74 Å². The minimum absolute atomic E-state index is 0.155. The molecule has 140 valence electrons. The van der Waals surface area contributed by atoms with Crippen LogP contribution in [-0.4, -0.2) is 29.5 Å². The normalized spacial score (nSPS) is 10.6. The zero-order chi connectivity index (χ0) is 19.6. The Balaban J connectivity index is 1.86. The summed E-state index contributed by atoms with van der Waals surface area (Å²) in [4.78, 5) is 41.8. The Hall–Kier alpha value is -2.78. The first-order chi connectivity index (χ1) is 12.9. The molecule has 0 unspecified atom stereocenters. The number of carbonyl (C=O) groups is 3. The molecule has 7 nitrogen and oxygen atoms in total. The number of hydrogen-bond acceptors (Lipinski definition) is 7. The molecular weight excluding hydrogens is 386 g/mol. The van der Waals surface area contributed by atoms with Gasteiger partial charge in [0.05, 0.1) is 22.4 Å². The first-order valence-electron chi connectivity index (χ1n) is 8.15. The van der Waals surface area contributed by atoms with Crippen LogP contribution in [0.1, 0.15) is 37.5 Å². The number of para-hydroxylation sites is 1. The number of amides is 3. The summed E-state index contributed by atoms with van der Waals surface area (Å²) in [6.07, 6.45) is -0.825. The predicted octanol–water partition coefficient (Wildman–Crippen LogP) is 4.11. The van der Waals surface area contributed by atoms with Gasteiger partial charge in [-0.25, -0.2) is 9.78 Å². The molecule has 0 radical (unpaired) electrons. The maximum Gasteiger partial charge on any atom is 0.414 e. The van der Waals surface area contributed by atoms with E-state index in [0.717, 1.165) is 15.1 Å². The van der Waals surface area contributed by atoms with Crippen LogP contribution in [0.15, 0.2) is 24.3 Å². The smallest absolute Gasteiger partial charge is 0.414 e. The molecule has 3 aromatic rings. The van der Waals surface area contributed by atoms with E-state index < -0.39 is 17.9 Å². The van der Waals surface area contributed by atoms with Gasteiger partial charge in [-0.05, 0) is 38.5 Å². The van der Waals surface area contributed by atoms with Crippen molar-refractivity contribution in [2.45, 2.75) is 20.8 Å². The molecule has 0 aliphatic rings. The van der Waals surface area contributed by atoms with Crippen molar-refractivity contribution in [1.29, 1.82) is 0 Å². The number of imide groups is 1. The van der Waals surface area contributed by atoms with E-state index in [1.165, 1.54) is 22.7 Å². The second-order valence-corrected chi connectivity index (χ2v) is 7.86. The van der Waals surface area contributed by atoms with Crippen LogP contribution in [0.5, 0.6) is 0 Å². The molecule has 0 saturated carbocycles. The Morgan fingerprint density at radius 3 is 2.56 bits per heavy atom. The number of ether oxygens (including phenoxy) is 1. The number of carbonyl (C=O) groups excluding carboxylic acids is 3. The van der Waals surface area contributed by atoms with Crippen molar-refractivity contribution in [1.82, 2.24) is 10.3 Å². The van der Waals surface area contributed by atoms with Crippen molar-refractivity contribution in [2.24, 2.45) is 0 Å². The van der Waals surface area contributed by atoms with Crippen molar-refractivity contribution in [2.75, 3.05) is 11.9 Å². The third-order valence-electron chi connectivity index (χ3n) is 3.82. The van der Waals surface area contributed by atoms with E-state index in [1.54, 1.807) is 13.8 Å². The van der Waals surface area contributed by atoms with Gasteiger partial charge in [0.2, 0.25) is 0 Å². The lowest BCUT2D eigenvalue weighted by atomic mass is 10.1. The molecule has 0 bridgehead atoms. The first kappa shape index (κ1) is 19.0. The Labute approximate surface area is 163 Å². The molecule has 1 aromatic carbocycles. The number of benzene rings is 1. The standard InChI is InChI=1S/C18H17N3O4S2/c1-4-25-18(24)21-14(22)13-9(2)10(3)26-16(13)20-15(23)17-19-11-7-5-6-8-12(11)27-17/h5-8H,4H2,1-3H3,(H,20,23)(H,21,22,24). The monoisotopic (exact) mass is 403 g/mol. The number of aromatic nitrogens is 1. The predicted molar refractivity (Wildman–Crippen MR) is 106 cm³/mol. The first-order valence-corrected chi connectivity index (χ1v) is 9.79. The van der Waals surface area contributed by atoms with Crippen molar-refractivity contribution in [3.05, 3.63) is 45.3 Å². The van der Waals surface area contributed by atoms with Crippen LogP contribution in [0.4, 0.5) is 9.80 Å². The lowest BCUT2D eigenvalue weighted by Crippen LogP contribution is -2.31. The van der Waals surface area contributed by atoms with E-state index in [4.69, 9.17) is 4.74 Å². The van der Waals surface area contributed by atoms with Gasteiger partial charge in [0.25, 0.3) is 11.8 Å². The number of thiophene rings is 1. The SMILES string of the molecule is CCOC(=O)NC(=O)c1c(NC(=O)c2nc3ccccc3s2)sc(C)c1C. The Kier molecular flexibility index (Phi) is 5.52. The van der Waals surface area contributed by atoms with Crippen LogP contribution < -0.4 is 10.6 Å². The van der Waals surface area contributed by atoms with Crippen molar-refractivity contribution < 1.29 is 19.1 Å². The number of nitrogens with zero attached hydrogens (tertiary/aromatic N) is 1. The van der Waals surface area contributed by atoms with Gasteiger partial charge < -0.3 is 10.1 Å². The molecule has 9 heteroatoms. The topological polar surface area (TPSA) is 97.4 Å². The maximum atomic E-state index is 12.6. The molecule has 2 aromatic heterocycles. The number of thiazole rings is 1. The van der Waals surface area contributed by atoms with Gasteiger partial charge in [0.15, 0.2) is 5.01 Å². The summed E-state index contributed by atoms with van der Waals surface area (Å²) in [6.45, 7) is 5.41. The Bertz CT molecular complexity index is 1010. The van der Waals surface area contributed by atoms with E-state index >= 15 is 0 Å². The minimum atomic E-state index is -0.825. The highest BCUT2D eigenvalue weighted by molar-refractivity contribution is 7.20. The fourth-order valence-electron chi connectivity index (χ4n) is 2.44. The van der Waals surface area contributed by atoms with E-state index in [1.807, 2.05) is 31.2 Å². The van der Waals surface area contributed by atoms with Crippen LogP contribution in [0.2, 0.25) is 0 Å². The number of alkyl carbamates (subject to hydrolysis) is 1. The Morgan fingerprint density at radius 2 is 1.85 bits per heavy atom. The fourth-order valence-corrected chi connectivity index (χ4v) is 4.35. The highest BCUT2D eigenvalue weighted by atomic mass is 32.1. The molecule has 27 heavy (non-hydrogen) atoms. The van der Waals surface area contributed by atoms with Crippen LogP contribution in [0.25, 0.3) is 10.2 Å². The second-order valence-electron chi connectivity index (χ2n) is 5.60. The largest absolute Gasteiger partial charge is 0.450 e. The maximum absolute atomic E-state index is 12.6. The van der Waals surface area contributed by atoms with Gasteiger partial charge >= 0.3 is 6.09 Å². The van der Waals surface area contributed by atoms with E-state index in [9.17, 15) is 14.4 Å². The number of nitrogens with one attached hydrogen (secondary N) is 2. The average Bonchev–Trinajstić information content (AvgIpc) is 3.16. The summed E-state index contributed by atoms with van der Waals surface area (Å²) in [5, 5.41) is 5.59. The zero-order valence-corrected chi connectivity index (χ0v) is 16.5. The van der Waals surface area contributed by atoms with E-state index in [2.05, 4.69) is 15.6 Å². The molecule has 0 fully saturated rings. The van der Waals surface area contributed by atoms with Gasteiger partial charge in [-0.3, -0.25) is 14.9 Å². The van der Waals surface area contributed by atoms with Gasteiger partial charge in [-0.15, -0.1) is 22.7 Å². The molecule has 2 N–H and O–H groups in total. The third-order valence-corrected chi connectivity index (χ3v) is 5.98. The number of rotatable bonds is 4. The van der Waals surface area contributed by atoms with Crippen molar-refractivity contribution in [3.63, 3.8) is 0 Å². The minimum Gasteiger partial charge on any atom is -0.450 e. The molecular formula is C18H17N3O4S2. The van der Waals surface area contributed by atoms with Crippen LogP contribution >= 0.6 is 22.7 Å². The van der Waals surface area contributed by atoms with Crippen molar-refractivity contribution in [3.8, 4) is 0 Å². The molecule has 3 rings (SSSR count). The van der Waals surface area contributed by atoms with Gasteiger partial charge in [0, 0.05) is 4.88 Å². The summed E-state index contributed by atoms with van der Waals surface area (Å²) in [6, 6.07) is 7.46. The average molecular weight is 403 g/mol. The molecule has 0 aliphatic carbocycles. The highest BCUT2D eigenvalue weighted by Crippen LogP contribution is 2.33. The summed E-state index contributed by atoms with van der Waals surface area (Å²) >= 11 is 2.55. The second kappa shape index (κ2) is 7.85. The quantitative estimate of drug-likeness (QED) is 0.683.